The topological polar surface area (TPSA) is 98.0 Å². The maximum atomic E-state index is 13.7. The van der Waals surface area contributed by atoms with Crippen molar-refractivity contribution in [1.29, 1.82) is 0 Å². The highest BCUT2D eigenvalue weighted by Crippen LogP contribution is 2.23. The minimum Gasteiger partial charge on any atom is -0.463 e. The molecular weight excluding hydrogens is 299 g/mol. The molecule has 1 aromatic heterocycles. The molecule has 0 aliphatic rings. The molecule has 0 aliphatic heterocycles. The largest absolute Gasteiger partial charge is 0.463 e. The molecule has 1 heterocycles. The lowest BCUT2D eigenvalue weighted by Crippen LogP contribution is -2.14. The van der Waals surface area contributed by atoms with Gasteiger partial charge in [-0.25, -0.2) is 10.2 Å². The van der Waals surface area contributed by atoms with Crippen molar-refractivity contribution in [2.45, 2.75) is 13.3 Å². The van der Waals surface area contributed by atoms with Gasteiger partial charge in [0.2, 0.25) is 11.9 Å². The van der Waals surface area contributed by atoms with Crippen LogP contribution in [0.3, 0.4) is 0 Å². The van der Waals surface area contributed by atoms with Crippen molar-refractivity contribution >= 4 is 29.2 Å². The average Bonchev–Trinajstić information content (AvgIpc) is 2.48. The number of nitrogens with zero attached hydrogens (tertiary/aromatic N) is 3. The van der Waals surface area contributed by atoms with Gasteiger partial charge in [0.15, 0.2) is 0 Å². The van der Waals surface area contributed by atoms with Gasteiger partial charge in [-0.15, -0.1) is 0 Å². The molecule has 0 aliphatic carbocycles. The summed E-state index contributed by atoms with van der Waals surface area (Å²) in [6.45, 7) is 2.39. The third-order valence-electron chi connectivity index (χ3n) is 2.35. The molecule has 0 amide bonds. The fourth-order valence-corrected chi connectivity index (χ4v) is 1.62. The average molecular weight is 313 g/mol. The van der Waals surface area contributed by atoms with Crippen LogP contribution in [-0.2, 0) is 0 Å². The summed E-state index contributed by atoms with van der Waals surface area (Å²) < 4.78 is 19.0. The van der Waals surface area contributed by atoms with Crippen molar-refractivity contribution in [2.75, 3.05) is 17.3 Å². The minimum absolute atomic E-state index is 0.0877. The number of hydrogen-bond acceptors (Lipinski definition) is 7. The first-order valence-electron chi connectivity index (χ1n) is 6.20. The van der Waals surface area contributed by atoms with Gasteiger partial charge in [-0.1, -0.05) is 18.5 Å². The first kappa shape index (κ1) is 15.2. The number of ether oxygens (including phenoxy) is 1. The van der Waals surface area contributed by atoms with Gasteiger partial charge in [-0.3, -0.25) is 5.43 Å². The summed E-state index contributed by atoms with van der Waals surface area (Å²) in [5.74, 6) is 4.98. The van der Waals surface area contributed by atoms with Crippen LogP contribution in [-0.4, -0.2) is 21.6 Å². The molecule has 7 nitrogen and oxygen atoms in total. The van der Waals surface area contributed by atoms with Crippen LogP contribution in [0.4, 0.5) is 22.0 Å². The maximum Gasteiger partial charge on any atom is 0.323 e. The van der Waals surface area contributed by atoms with Crippen LogP contribution in [0.2, 0.25) is 5.02 Å². The molecule has 0 atom stereocenters. The van der Waals surface area contributed by atoms with Gasteiger partial charge in [0.05, 0.1) is 12.3 Å². The second-order valence-corrected chi connectivity index (χ2v) is 4.44. The van der Waals surface area contributed by atoms with E-state index in [1.807, 2.05) is 6.92 Å². The molecule has 0 spiro atoms. The quantitative estimate of drug-likeness (QED) is 0.556. The van der Waals surface area contributed by atoms with E-state index in [-0.39, 0.29) is 23.6 Å². The van der Waals surface area contributed by atoms with Gasteiger partial charge in [0.1, 0.15) is 5.82 Å². The number of benzene rings is 1. The predicted octanol–water partition coefficient (Wildman–Crippen LogP) is 2.48. The van der Waals surface area contributed by atoms with Crippen LogP contribution in [0.5, 0.6) is 6.01 Å². The lowest BCUT2D eigenvalue weighted by molar-refractivity contribution is 0.292. The SMILES string of the molecule is CCCOc1nc(NN)nc(Nc2cc(Cl)ccc2F)n1. The highest BCUT2D eigenvalue weighted by Gasteiger charge is 2.10. The number of nitrogens with one attached hydrogen (secondary N) is 2. The Morgan fingerprint density at radius 2 is 2.05 bits per heavy atom. The van der Waals surface area contributed by atoms with E-state index in [4.69, 9.17) is 22.2 Å². The lowest BCUT2D eigenvalue weighted by atomic mass is 10.3. The second kappa shape index (κ2) is 7.00. The van der Waals surface area contributed by atoms with E-state index in [1.54, 1.807) is 0 Å². The Bertz CT molecular complexity index is 627. The molecule has 0 saturated heterocycles. The number of hydrogen-bond donors (Lipinski definition) is 3. The smallest absolute Gasteiger partial charge is 0.323 e. The molecule has 2 aromatic rings. The van der Waals surface area contributed by atoms with Crippen molar-refractivity contribution in [1.82, 2.24) is 15.0 Å². The van der Waals surface area contributed by atoms with Crippen molar-refractivity contribution in [3.05, 3.63) is 29.0 Å². The van der Waals surface area contributed by atoms with Crippen molar-refractivity contribution in [2.24, 2.45) is 5.84 Å². The van der Waals surface area contributed by atoms with Crippen LogP contribution >= 0.6 is 11.6 Å². The van der Waals surface area contributed by atoms with E-state index in [1.165, 1.54) is 18.2 Å². The first-order valence-corrected chi connectivity index (χ1v) is 6.57. The zero-order valence-corrected chi connectivity index (χ0v) is 12.0. The molecule has 0 radical (unpaired) electrons. The number of rotatable bonds is 6. The molecule has 4 N–H and O–H groups in total. The Kier molecular flexibility index (Phi) is 5.07. The van der Waals surface area contributed by atoms with Gasteiger partial charge >= 0.3 is 6.01 Å². The summed E-state index contributed by atoms with van der Waals surface area (Å²) in [7, 11) is 0. The van der Waals surface area contributed by atoms with Crippen molar-refractivity contribution in [3.8, 4) is 6.01 Å². The fourth-order valence-electron chi connectivity index (χ4n) is 1.45. The first-order chi connectivity index (χ1) is 10.1. The van der Waals surface area contributed by atoms with Crippen LogP contribution < -0.4 is 21.3 Å². The van der Waals surface area contributed by atoms with Crippen LogP contribution in [0.15, 0.2) is 18.2 Å². The molecule has 9 heteroatoms. The summed E-state index contributed by atoms with van der Waals surface area (Å²) in [6.07, 6.45) is 0.794. The Labute approximate surface area is 125 Å². The minimum atomic E-state index is -0.488. The Morgan fingerprint density at radius 1 is 1.29 bits per heavy atom. The Hall–Kier alpha value is -2.19. The van der Waals surface area contributed by atoms with Crippen molar-refractivity contribution in [3.63, 3.8) is 0 Å². The number of aromatic nitrogens is 3. The highest BCUT2D eigenvalue weighted by atomic mass is 35.5. The summed E-state index contributed by atoms with van der Waals surface area (Å²) in [5.41, 5.74) is 2.43. The van der Waals surface area contributed by atoms with Gasteiger partial charge in [-0.05, 0) is 24.6 Å². The number of halogens is 2. The van der Waals surface area contributed by atoms with E-state index in [0.717, 1.165) is 6.42 Å². The molecule has 0 saturated carbocycles. The number of nitrogen functional groups attached to an aromatic ring is 1. The number of hydrazine groups is 1. The van der Waals surface area contributed by atoms with Crippen LogP contribution in [0, 0.1) is 5.82 Å². The zero-order valence-electron chi connectivity index (χ0n) is 11.2. The predicted molar refractivity (Wildman–Crippen MR) is 78.1 cm³/mol. The molecule has 112 valence electrons. The Balaban J connectivity index is 2.27. The molecule has 0 unspecified atom stereocenters. The highest BCUT2D eigenvalue weighted by molar-refractivity contribution is 6.30. The van der Waals surface area contributed by atoms with Crippen molar-refractivity contribution < 1.29 is 9.13 Å². The normalized spacial score (nSPS) is 10.3. The molecule has 0 bridgehead atoms. The van der Waals surface area contributed by atoms with E-state index < -0.39 is 5.82 Å². The summed E-state index contributed by atoms with van der Waals surface area (Å²) in [4.78, 5) is 11.9. The second-order valence-electron chi connectivity index (χ2n) is 4.01. The lowest BCUT2D eigenvalue weighted by Gasteiger charge is -2.09. The molecule has 0 fully saturated rings. The molecule has 21 heavy (non-hydrogen) atoms. The summed E-state index contributed by atoms with van der Waals surface area (Å²) >= 11 is 5.82. The standard InChI is InChI=1S/C12H14ClFN6O/c1-2-5-21-12-18-10(17-11(19-12)20-15)16-9-6-7(13)3-4-8(9)14/h3-4,6H,2,5,15H2,1H3,(H2,16,17,18,19,20). The fraction of sp³-hybridized carbons (Fsp3) is 0.250. The van der Waals surface area contributed by atoms with E-state index in [2.05, 4.69) is 25.7 Å². The van der Waals surface area contributed by atoms with E-state index in [0.29, 0.717) is 11.6 Å². The van der Waals surface area contributed by atoms with Crippen LogP contribution in [0.25, 0.3) is 0 Å². The van der Waals surface area contributed by atoms with E-state index >= 15 is 0 Å². The van der Waals surface area contributed by atoms with Gasteiger partial charge in [0.25, 0.3) is 0 Å². The maximum absolute atomic E-state index is 13.7. The molecule has 2 rings (SSSR count). The molecule has 1 aromatic carbocycles. The zero-order chi connectivity index (χ0) is 15.2. The summed E-state index contributed by atoms with van der Waals surface area (Å²) in [5, 5.41) is 3.09. The van der Waals surface area contributed by atoms with Gasteiger partial charge in [0, 0.05) is 5.02 Å². The Morgan fingerprint density at radius 3 is 2.76 bits per heavy atom. The van der Waals surface area contributed by atoms with E-state index in [9.17, 15) is 4.39 Å². The third kappa shape index (κ3) is 4.14. The summed E-state index contributed by atoms with van der Waals surface area (Å²) in [6, 6.07) is 4.19. The monoisotopic (exact) mass is 312 g/mol. The molecular formula is C12H14ClFN6O. The van der Waals surface area contributed by atoms with Gasteiger partial charge < -0.3 is 10.1 Å². The third-order valence-corrected chi connectivity index (χ3v) is 2.59. The van der Waals surface area contributed by atoms with Gasteiger partial charge in [-0.2, -0.15) is 15.0 Å². The number of anilines is 3. The number of nitrogens with two attached hydrogens (primary N) is 1. The van der Waals surface area contributed by atoms with Crippen LogP contribution in [0.1, 0.15) is 13.3 Å².